The Labute approximate surface area is 195 Å². The third kappa shape index (κ3) is 7.50. The van der Waals surface area contributed by atoms with E-state index in [9.17, 15) is 18.0 Å². The van der Waals surface area contributed by atoms with E-state index in [2.05, 4.69) is 15.8 Å². The molecule has 1 aliphatic carbocycles. The van der Waals surface area contributed by atoms with Gasteiger partial charge in [0.05, 0.1) is 11.4 Å². The van der Waals surface area contributed by atoms with E-state index in [1.165, 1.54) is 41.9 Å². The number of nitrogens with one attached hydrogen (secondary N) is 2. The first-order chi connectivity index (χ1) is 15.8. The molecule has 0 unspecified atom stereocenters. The Kier molecular flexibility index (Phi) is 8.73. The quantitative estimate of drug-likeness (QED) is 0.548. The second-order valence-electron chi connectivity index (χ2n) is 8.05. The largest absolute Gasteiger partial charge is 0.326 e. The molecule has 8 nitrogen and oxygen atoms in total. The zero-order valence-corrected chi connectivity index (χ0v) is 19.6. The molecule has 0 spiro atoms. The van der Waals surface area contributed by atoms with Crippen molar-refractivity contribution in [3.05, 3.63) is 60.2 Å². The molecule has 0 aromatic heterocycles. The predicted octanol–water partition coefficient (Wildman–Crippen LogP) is 3.31. The average Bonchev–Trinajstić information content (AvgIpc) is 2.81. The molecule has 2 aromatic carbocycles. The van der Waals surface area contributed by atoms with Crippen LogP contribution in [0.5, 0.6) is 0 Å². The standard InChI is InChI=1S/C24H30N4O4S/c1-19(29)25-21-12-14-23(15-13-21)33(31,32)28(17-16-20-8-4-2-5-9-20)18-24(30)27-26-22-10-6-3-7-11-22/h2,4-5,8-9,12-15H,3,6-7,10-11,16-18H2,1H3,(H,25,29)(H,27,30). The lowest BCUT2D eigenvalue weighted by molar-refractivity contribution is -0.121. The molecule has 0 aliphatic heterocycles. The Morgan fingerprint density at radius 3 is 2.27 bits per heavy atom. The smallest absolute Gasteiger partial charge is 0.255 e. The Morgan fingerprint density at radius 1 is 0.970 bits per heavy atom. The zero-order valence-electron chi connectivity index (χ0n) is 18.8. The molecule has 33 heavy (non-hydrogen) atoms. The van der Waals surface area contributed by atoms with Crippen LogP contribution in [0.4, 0.5) is 5.69 Å². The van der Waals surface area contributed by atoms with E-state index in [1.807, 2.05) is 30.3 Å². The molecule has 0 radical (unpaired) electrons. The Bertz CT molecular complexity index is 1080. The normalized spacial score (nSPS) is 14.1. The topological polar surface area (TPSA) is 108 Å². The lowest BCUT2D eigenvalue weighted by Crippen LogP contribution is -2.40. The molecular weight excluding hydrogens is 440 g/mol. The number of hydrazone groups is 1. The van der Waals surface area contributed by atoms with Crippen LogP contribution in [0.3, 0.4) is 0 Å². The van der Waals surface area contributed by atoms with Crippen LogP contribution in [0.15, 0.2) is 64.6 Å². The first-order valence-corrected chi connectivity index (χ1v) is 12.5. The number of carbonyl (C=O) groups excluding carboxylic acids is 2. The van der Waals surface area contributed by atoms with Crippen molar-refractivity contribution in [3.8, 4) is 0 Å². The first-order valence-electron chi connectivity index (χ1n) is 11.1. The summed E-state index contributed by atoms with van der Waals surface area (Å²) in [4.78, 5) is 23.9. The van der Waals surface area contributed by atoms with Crippen LogP contribution < -0.4 is 10.7 Å². The van der Waals surface area contributed by atoms with Crippen LogP contribution in [0.2, 0.25) is 0 Å². The maximum Gasteiger partial charge on any atom is 0.255 e. The molecule has 1 aliphatic rings. The van der Waals surface area contributed by atoms with Gasteiger partial charge in [0, 0.05) is 24.9 Å². The van der Waals surface area contributed by atoms with Gasteiger partial charge in [-0.25, -0.2) is 13.8 Å². The van der Waals surface area contributed by atoms with Gasteiger partial charge in [0.15, 0.2) is 0 Å². The molecule has 2 N–H and O–H groups in total. The van der Waals surface area contributed by atoms with Gasteiger partial charge in [0.25, 0.3) is 5.91 Å². The zero-order chi connectivity index (χ0) is 23.7. The van der Waals surface area contributed by atoms with Crippen molar-refractivity contribution in [2.75, 3.05) is 18.4 Å². The summed E-state index contributed by atoms with van der Waals surface area (Å²) < 4.78 is 27.9. The number of benzene rings is 2. The number of sulfonamides is 1. The van der Waals surface area contributed by atoms with Gasteiger partial charge in [-0.2, -0.15) is 9.41 Å². The molecular formula is C24H30N4O4S. The third-order valence-electron chi connectivity index (χ3n) is 5.39. The number of carbonyl (C=O) groups is 2. The number of rotatable bonds is 9. The highest BCUT2D eigenvalue weighted by Gasteiger charge is 2.26. The summed E-state index contributed by atoms with van der Waals surface area (Å²) in [5.74, 6) is -0.717. The van der Waals surface area contributed by atoms with Crippen molar-refractivity contribution in [3.63, 3.8) is 0 Å². The highest BCUT2D eigenvalue weighted by Crippen LogP contribution is 2.19. The van der Waals surface area contributed by atoms with Crippen molar-refractivity contribution < 1.29 is 18.0 Å². The van der Waals surface area contributed by atoms with Gasteiger partial charge in [0.2, 0.25) is 15.9 Å². The van der Waals surface area contributed by atoms with Crippen LogP contribution in [-0.2, 0) is 26.0 Å². The number of anilines is 1. The molecule has 3 rings (SSSR count). The predicted molar refractivity (Wildman–Crippen MR) is 128 cm³/mol. The maximum absolute atomic E-state index is 13.4. The molecule has 0 bridgehead atoms. The van der Waals surface area contributed by atoms with Crippen LogP contribution in [0, 0.1) is 0 Å². The highest BCUT2D eigenvalue weighted by atomic mass is 32.2. The summed E-state index contributed by atoms with van der Waals surface area (Å²) in [5, 5.41) is 6.82. The second kappa shape index (κ2) is 11.7. The minimum atomic E-state index is -3.94. The van der Waals surface area contributed by atoms with Crippen molar-refractivity contribution in [2.24, 2.45) is 5.10 Å². The van der Waals surface area contributed by atoms with E-state index < -0.39 is 15.9 Å². The second-order valence-corrected chi connectivity index (χ2v) is 9.99. The van der Waals surface area contributed by atoms with Crippen molar-refractivity contribution in [1.29, 1.82) is 0 Å². The van der Waals surface area contributed by atoms with Gasteiger partial charge in [0.1, 0.15) is 0 Å². The molecule has 9 heteroatoms. The number of amides is 2. The molecule has 0 saturated heterocycles. The summed E-state index contributed by atoms with van der Waals surface area (Å²) in [6, 6.07) is 15.4. The molecule has 2 aromatic rings. The number of hydrogen-bond acceptors (Lipinski definition) is 5. The van der Waals surface area contributed by atoms with Crippen LogP contribution >= 0.6 is 0 Å². The van der Waals surface area contributed by atoms with Crippen LogP contribution in [0.25, 0.3) is 0 Å². The van der Waals surface area contributed by atoms with E-state index in [4.69, 9.17) is 0 Å². The fourth-order valence-corrected chi connectivity index (χ4v) is 5.05. The molecule has 176 valence electrons. The molecule has 1 fully saturated rings. The van der Waals surface area contributed by atoms with E-state index in [-0.39, 0.29) is 23.9 Å². The third-order valence-corrected chi connectivity index (χ3v) is 7.25. The van der Waals surface area contributed by atoms with E-state index in [0.29, 0.717) is 12.1 Å². The lowest BCUT2D eigenvalue weighted by atomic mass is 9.99. The van der Waals surface area contributed by atoms with Crippen molar-refractivity contribution >= 4 is 33.2 Å². The summed E-state index contributed by atoms with van der Waals surface area (Å²) in [6.45, 7) is 1.19. The maximum atomic E-state index is 13.4. The molecule has 1 saturated carbocycles. The van der Waals surface area contributed by atoms with E-state index >= 15 is 0 Å². The summed E-state index contributed by atoms with van der Waals surface area (Å²) in [7, 11) is -3.94. The minimum Gasteiger partial charge on any atom is -0.326 e. The van der Waals surface area contributed by atoms with Gasteiger partial charge in [-0.05, 0) is 61.9 Å². The van der Waals surface area contributed by atoms with Gasteiger partial charge in [-0.15, -0.1) is 0 Å². The number of nitrogens with zero attached hydrogens (tertiary/aromatic N) is 2. The van der Waals surface area contributed by atoms with Gasteiger partial charge >= 0.3 is 0 Å². The average molecular weight is 471 g/mol. The molecule has 0 atom stereocenters. The van der Waals surface area contributed by atoms with Gasteiger partial charge in [-0.1, -0.05) is 36.8 Å². The molecule has 0 heterocycles. The first kappa shape index (κ1) is 24.6. The Hall–Kier alpha value is -3.04. The van der Waals surface area contributed by atoms with Crippen LogP contribution in [-0.4, -0.2) is 43.3 Å². The van der Waals surface area contributed by atoms with E-state index in [0.717, 1.165) is 37.0 Å². The summed E-state index contributed by atoms with van der Waals surface area (Å²) in [5.41, 5.74) is 4.95. The summed E-state index contributed by atoms with van der Waals surface area (Å²) >= 11 is 0. The Balaban J connectivity index is 1.75. The van der Waals surface area contributed by atoms with Gasteiger partial charge in [-0.3, -0.25) is 9.59 Å². The number of hydrogen-bond donors (Lipinski definition) is 2. The lowest BCUT2D eigenvalue weighted by Gasteiger charge is -2.22. The van der Waals surface area contributed by atoms with E-state index in [1.54, 1.807) is 0 Å². The van der Waals surface area contributed by atoms with Gasteiger partial charge < -0.3 is 5.32 Å². The van der Waals surface area contributed by atoms with Crippen LogP contribution in [0.1, 0.15) is 44.6 Å². The summed E-state index contributed by atoms with van der Waals surface area (Å²) in [6.07, 6.45) is 5.46. The molecule has 2 amide bonds. The SMILES string of the molecule is CC(=O)Nc1ccc(S(=O)(=O)N(CCc2ccccc2)CC(=O)NN=C2CCCCC2)cc1. The van der Waals surface area contributed by atoms with Crippen molar-refractivity contribution in [2.45, 2.75) is 50.3 Å². The minimum absolute atomic E-state index is 0.0519. The fraction of sp³-hybridized carbons (Fsp3) is 0.375. The fourth-order valence-electron chi connectivity index (χ4n) is 3.65. The Morgan fingerprint density at radius 2 is 1.64 bits per heavy atom. The van der Waals surface area contributed by atoms with Crippen molar-refractivity contribution in [1.82, 2.24) is 9.73 Å². The monoisotopic (exact) mass is 470 g/mol. The highest BCUT2D eigenvalue weighted by molar-refractivity contribution is 7.89.